The number of aromatic nitrogens is 1. The van der Waals surface area contributed by atoms with E-state index in [1.165, 1.54) is 55.5 Å². The zero-order chi connectivity index (χ0) is 12.4. The first kappa shape index (κ1) is 12.6. The molecule has 0 amide bonds. The summed E-state index contributed by atoms with van der Waals surface area (Å²) in [6.45, 7) is 3.14. The zero-order valence-corrected chi connectivity index (χ0v) is 12.1. The lowest BCUT2D eigenvalue weighted by atomic mass is 9.69. The van der Waals surface area contributed by atoms with E-state index in [0.717, 1.165) is 24.4 Å². The minimum absolute atomic E-state index is 0.755. The van der Waals surface area contributed by atoms with Crippen molar-refractivity contribution < 1.29 is 0 Å². The predicted molar refractivity (Wildman–Crippen MR) is 76.8 cm³/mol. The van der Waals surface area contributed by atoms with Gasteiger partial charge >= 0.3 is 0 Å². The zero-order valence-electron chi connectivity index (χ0n) is 11.3. The van der Waals surface area contributed by atoms with Crippen LogP contribution in [0.5, 0.6) is 0 Å². The van der Waals surface area contributed by atoms with Crippen molar-refractivity contribution in [1.82, 2.24) is 10.3 Å². The van der Waals surface area contributed by atoms with Crippen LogP contribution in [0, 0.1) is 18.8 Å². The Labute approximate surface area is 114 Å². The van der Waals surface area contributed by atoms with Crippen LogP contribution in [-0.4, -0.2) is 11.0 Å². The van der Waals surface area contributed by atoms with E-state index in [4.69, 9.17) is 0 Å². The summed E-state index contributed by atoms with van der Waals surface area (Å²) in [4.78, 5) is 5.74. The van der Waals surface area contributed by atoms with Gasteiger partial charge in [-0.2, -0.15) is 0 Å². The van der Waals surface area contributed by atoms with Crippen LogP contribution in [0.3, 0.4) is 0 Å². The Kier molecular flexibility index (Phi) is 4.00. The molecule has 1 heterocycles. The molecule has 2 fully saturated rings. The standard InChI is InChI=1S/C15H24N2S/c1-11-15(18-10-17-11)9-16-14-7-6-12-4-2-3-5-13(12)8-14/h10,12-14,16H,2-9H2,1H3. The van der Waals surface area contributed by atoms with Gasteiger partial charge in [-0.3, -0.25) is 0 Å². The van der Waals surface area contributed by atoms with Crippen molar-refractivity contribution in [2.45, 2.75) is 64.5 Å². The van der Waals surface area contributed by atoms with E-state index in [-0.39, 0.29) is 0 Å². The molecule has 0 bridgehead atoms. The van der Waals surface area contributed by atoms with Crippen LogP contribution in [-0.2, 0) is 6.54 Å². The summed E-state index contributed by atoms with van der Waals surface area (Å²) >= 11 is 1.79. The third-order valence-corrected chi connectivity index (χ3v) is 5.87. The normalized spacial score (nSPS) is 32.2. The van der Waals surface area contributed by atoms with Crippen molar-refractivity contribution in [2.24, 2.45) is 11.8 Å². The Morgan fingerprint density at radius 1 is 1.22 bits per heavy atom. The van der Waals surface area contributed by atoms with Gasteiger partial charge in [-0.05, 0) is 38.0 Å². The molecule has 1 N–H and O–H groups in total. The fraction of sp³-hybridized carbons (Fsp3) is 0.800. The SMILES string of the molecule is Cc1ncsc1CNC1CCC2CCCCC2C1. The van der Waals surface area contributed by atoms with E-state index < -0.39 is 0 Å². The summed E-state index contributed by atoms with van der Waals surface area (Å²) in [5.41, 5.74) is 3.17. The van der Waals surface area contributed by atoms with Gasteiger partial charge in [-0.15, -0.1) is 11.3 Å². The minimum atomic E-state index is 0.755. The molecular formula is C15H24N2S. The molecule has 100 valence electrons. The van der Waals surface area contributed by atoms with E-state index >= 15 is 0 Å². The molecule has 1 aromatic rings. The van der Waals surface area contributed by atoms with Crippen LogP contribution in [0.15, 0.2) is 5.51 Å². The number of nitrogens with zero attached hydrogens (tertiary/aromatic N) is 1. The third kappa shape index (κ3) is 2.77. The molecule has 3 rings (SSSR count). The van der Waals surface area contributed by atoms with E-state index in [1.807, 2.05) is 5.51 Å². The van der Waals surface area contributed by atoms with Crippen LogP contribution in [0.4, 0.5) is 0 Å². The Morgan fingerprint density at radius 2 is 2.06 bits per heavy atom. The molecule has 0 spiro atoms. The number of thiazole rings is 1. The van der Waals surface area contributed by atoms with Gasteiger partial charge in [0.1, 0.15) is 0 Å². The monoisotopic (exact) mass is 264 g/mol. The van der Waals surface area contributed by atoms with E-state index in [2.05, 4.69) is 17.2 Å². The van der Waals surface area contributed by atoms with Crippen LogP contribution >= 0.6 is 11.3 Å². The smallest absolute Gasteiger partial charge is 0.0798 e. The van der Waals surface area contributed by atoms with Gasteiger partial charge in [0, 0.05) is 17.5 Å². The lowest BCUT2D eigenvalue weighted by Crippen LogP contribution is -2.38. The average Bonchev–Trinajstić information content (AvgIpc) is 2.82. The summed E-state index contributed by atoms with van der Waals surface area (Å²) in [5, 5.41) is 3.77. The fourth-order valence-corrected chi connectivity index (χ4v) is 4.52. The molecule has 2 nitrogen and oxygen atoms in total. The molecule has 3 atom stereocenters. The van der Waals surface area contributed by atoms with E-state index in [9.17, 15) is 0 Å². The summed E-state index contributed by atoms with van der Waals surface area (Å²) in [7, 11) is 0. The predicted octanol–water partition coefficient (Wildman–Crippen LogP) is 3.90. The Hall–Kier alpha value is -0.410. The van der Waals surface area contributed by atoms with Crippen molar-refractivity contribution in [3.8, 4) is 0 Å². The maximum Gasteiger partial charge on any atom is 0.0798 e. The molecule has 2 aliphatic carbocycles. The van der Waals surface area contributed by atoms with Gasteiger partial charge in [0.15, 0.2) is 0 Å². The molecule has 3 heteroatoms. The molecule has 3 unspecified atom stereocenters. The van der Waals surface area contributed by atoms with Gasteiger partial charge in [0.2, 0.25) is 0 Å². The lowest BCUT2D eigenvalue weighted by molar-refractivity contribution is 0.143. The average molecular weight is 264 g/mol. The lowest BCUT2D eigenvalue weighted by Gasteiger charge is -2.39. The van der Waals surface area contributed by atoms with Gasteiger partial charge < -0.3 is 5.32 Å². The highest BCUT2D eigenvalue weighted by molar-refractivity contribution is 7.09. The van der Waals surface area contributed by atoms with Gasteiger partial charge in [0.05, 0.1) is 11.2 Å². The molecule has 0 radical (unpaired) electrons. The minimum Gasteiger partial charge on any atom is -0.309 e. The first-order valence-electron chi connectivity index (χ1n) is 7.45. The van der Waals surface area contributed by atoms with Crippen LogP contribution in [0.2, 0.25) is 0 Å². The Morgan fingerprint density at radius 3 is 2.83 bits per heavy atom. The highest BCUT2D eigenvalue weighted by Crippen LogP contribution is 2.40. The summed E-state index contributed by atoms with van der Waals surface area (Å²) in [6.07, 6.45) is 10.2. The third-order valence-electron chi connectivity index (χ3n) is 4.94. The Bertz CT molecular complexity index is 388. The van der Waals surface area contributed by atoms with Crippen LogP contribution < -0.4 is 5.32 Å². The molecular weight excluding hydrogens is 240 g/mol. The topological polar surface area (TPSA) is 24.9 Å². The molecule has 0 aromatic carbocycles. The largest absolute Gasteiger partial charge is 0.309 e. The molecule has 18 heavy (non-hydrogen) atoms. The number of nitrogens with one attached hydrogen (secondary N) is 1. The van der Waals surface area contributed by atoms with Crippen LogP contribution in [0.1, 0.15) is 55.5 Å². The first-order chi connectivity index (χ1) is 8.83. The van der Waals surface area contributed by atoms with Crippen molar-refractivity contribution in [3.63, 3.8) is 0 Å². The van der Waals surface area contributed by atoms with Crippen molar-refractivity contribution in [1.29, 1.82) is 0 Å². The summed E-state index contributed by atoms with van der Waals surface area (Å²) in [5.74, 6) is 2.08. The molecule has 2 aliphatic rings. The second kappa shape index (κ2) is 5.70. The number of rotatable bonds is 3. The molecule has 0 saturated heterocycles. The molecule has 1 aromatic heterocycles. The maximum atomic E-state index is 4.32. The number of aryl methyl sites for hydroxylation is 1. The van der Waals surface area contributed by atoms with Crippen molar-refractivity contribution >= 4 is 11.3 Å². The van der Waals surface area contributed by atoms with Crippen LogP contribution in [0.25, 0.3) is 0 Å². The fourth-order valence-electron chi connectivity index (χ4n) is 3.79. The second-order valence-corrected chi connectivity index (χ2v) is 7.00. The number of fused-ring (bicyclic) bond motifs is 1. The highest BCUT2D eigenvalue weighted by atomic mass is 32.1. The Balaban J connectivity index is 1.50. The second-order valence-electron chi connectivity index (χ2n) is 6.06. The van der Waals surface area contributed by atoms with E-state index in [0.29, 0.717) is 0 Å². The highest BCUT2D eigenvalue weighted by Gasteiger charge is 2.31. The van der Waals surface area contributed by atoms with E-state index in [1.54, 1.807) is 11.3 Å². The quantitative estimate of drug-likeness (QED) is 0.895. The van der Waals surface area contributed by atoms with Crippen molar-refractivity contribution in [3.05, 3.63) is 16.1 Å². The molecule has 0 aliphatic heterocycles. The van der Waals surface area contributed by atoms with Gasteiger partial charge in [-0.25, -0.2) is 4.98 Å². The van der Waals surface area contributed by atoms with Gasteiger partial charge in [0.25, 0.3) is 0 Å². The first-order valence-corrected chi connectivity index (χ1v) is 8.33. The van der Waals surface area contributed by atoms with Crippen molar-refractivity contribution in [2.75, 3.05) is 0 Å². The number of hydrogen-bond acceptors (Lipinski definition) is 3. The maximum absolute atomic E-state index is 4.32. The summed E-state index contributed by atoms with van der Waals surface area (Å²) in [6, 6.07) is 0.755. The molecule has 2 saturated carbocycles. The number of hydrogen-bond donors (Lipinski definition) is 1. The summed E-state index contributed by atoms with van der Waals surface area (Å²) < 4.78 is 0. The van der Waals surface area contributed by atoms with Gasteiger partial charge in [-0.1, -0.05) is 25.7 Å².